The van der Waals surface area contributed by atoms with Crippen molar-refractivity contribution < 1.29 is 9.47 Å². The minimum Gasteiger partial charge on any atom is -0.381 e. The molecule has 1 aliphatic rings. The topological polar surface area (TPSA) is 54.3 Å². The van der Waals surface area contributed by atoms with Crippen molar-refractivity contribution >= 4 is 0 Å². The van der Waals surface area contributed by atoms with Gasteiger partial charge in [0.1, 0.15) is 5.54 Å². The lowest BCUT2D eigenvalue weighted by molar-refractivity contribution is 0.0850. The minimum absolute atomic E-state index is 0.408. The summed E-state index contributed by atoms with van der Waals surface area (Å²) in [6, 6.07) is 2.32. The summed E-state index contributed by atoms with van der Waals surface area (Å²) in [7, 11) is 0. The van der Waals surface area contributed by atoms with Crippen LogP contribution >= 0.6 is 0 Å². The average molecular weight is 240 g/mol. The fraction of sp³-hybridized carbons (Fsp3) is 0.923. The number of hydrogen-bond acceptors (Lipinski definition) is 4. The molecule has 98 valence electrons. The average Bonchev–Trinajstić information content (AvgIpc) is 2.82. The Hall–Kier alpha value is -0.630. The minimum atomic E-state index is -0.408. The highest BCUT2D eigenvalue weighted by molar-refractivity contribution is 5.03. The van der Waals surface area contributed by atoms with E-state index >= 15 is 0 Å². The van der Waals surface area contributed by atoms with Gasteiger partial charge in [0.25, 0.3) is 0 Å². The molecule has 0 saturated carbocycles. The highest BCUT2D eigenvalue weighted by Crippen LogP contribution is 2.14. The summed E-state index contributed by atoms with van der Waals surface area (Å²) in [5.41, 5.74) is -0.408. The van der Waals surface area contributed by atoms with Crippen LogP contribution in [0.25, 0.3) is 0 Å². The van der Waals surface area contributed by atoms with Gasteiger partial charge < -0.3 is 9.47 Å². The first-order valence-corrected chi connectivity index (χ1v) is 6.52. The van der Waals surface area contributed by atoms with Crippen LogP contribution in [0.15, 0.2) is 0 Å². The Morgan fingerprint density at radius 2 is 2.41 bits per heavy atom. The smallest absolute Gasteiger partial charge is 0.104 e. The SMILES string of the molecule is CCNC(C)(C#N)CCCOCC1CCOC1. The van der Waals surface area contributed by atoms with E-state index in [9.17, 15) is 0 Å². The zero-order chi connectivity index (χ0) is 12.6. The number of rotatable bonds is 8. The van der Waals surface area contributed by atoms with Gasteiger partial charge in [-0.3, -0.25) is 5.32 Å². The van der Waals surface area contributed by atoms with E-state index in [4.69, 9.17) is 14.7 Å². The molecule has 1 aliphatic heterocycles. The molecular formula is C13H24N2O2. The van der Waals surface area contributed by atoms with Crippen LogP contribution < -0.4 is 5.32 Å². The van der Waals surface area contributed by atoms with Gasteiger partial charge >= 0.3 is 0 Å². The second-order valence-corrected chi connectivity index (χ2v) is 4.88. The molecule has 1 rings (SSSR count). The summed E-state index contributed by atoms with van der Waals surface area (Å²) in [4.78, 5) is 0. The fourth-order valence-corrected chi connectivity index (χ4v) is 2.07. The van der Waals surface area contributed by atoms with Gasteiger partial charge in [-0.2, -0.15) is 5.26 Å². The molecule has 1 heterocycles. The van der Waals surface area contributed by atoms with Crippen molar-refractivity contribution in [3.8, 4) is 6.07 Å². The largest absolute Gasteiger partial charge is 0.381 e. The van der Waals surface area contributed by atoms with E-state index in [0.29, 0.717) is 5.92 Å². The highest BCUT2D eigenvalue weighted by Gasteiger charge is 2.21. The van der Waals surface area contributed by atoms with E-state index in [2.05, 4.69) is 11.4 Å². The van der Waals surface area contributed by atoms with Crippen LogP contribution in [-0.2, 0) is 9.47 Å². The lowest BCUT2D eigenvalue weighted by Gasteiger charge is -2.22. The van der Waals surface area contributed by atoms with Crippen molar-refractivity contribution in [1.29, 1.82) is 5.26 Å². The summed E-state index contributed by atoms with van der Waals surface area (Å²) in [6.45, 7) is 8.04. The van der Waals surface area contributed by atoms with E-state index in [-0.39, 0.29) is 0 Å². The van der Waals surface area contributed by atoms with Crippen LogP contribution in [0.2, 0.25) is 0 Å². The maximum atomic E-state index is 9.08. The van der Waals surface area contributed by atoms with Crippen molar-refractivity contribution in [2.24, 2.45) is 5.92 Å². The third kappa shape index (κ3) is 5.49. The first-order valence-electron chi connectivity index (χ1n) is 6.52. The molecule has 1 N–H and O–H groups in total. The normalized spacial score (nSPS) is 23.2. The predicted molar refractivity (Wildman–Crippen MR) is 66.7 cm³/mol. The molecule has 0 amide bonds. The van der Waals surface area contributed by atoms with Gasteiger partial charge in [0, 0.05) is 19.1 Å². The molecule has 0 aromatic rings. The Morgan fingerprint density at radius 1 is 1.59 bits per heavy atom. The van der Waals surface area contributed by atoms with Gasteiger partial charge in [-0.15, -0.1) is 0 Å². The number of hydrogen-bond donors (Lipinski definition) is 1. The van der Waals surface area contributed by atoms with E-state index < -0.39 is 5.54 Å². The van der Waals surface area contributed by atoms with Gasteiger partial charge in [0.15, 0.2) is 0 Å². The second kappa shape index (κ2) is 7.65. The van der Waals surface area contributed by atoms with E-state index in [0.717, 1.165) is 52.2 Å². The first kappa shape index (κ1) is 14.4. The van der Waals surface area contributed by atoms with Crippen LogP contribution in [0.1, 0.15) is 33.1 Å². The van der Waals surface area contributed by atoms with E-state index in [1.165, 1.54) is 0 Å². The maximum absolute atomic E-state index is 9.08. The monoisotopic (exact) mass is 240 g/mol. The molecular weight excluding hydrogens is 216 g/mol. The van der Waals surface area contributed by atoms with Gasteiger partial charge in [-0.25, -0.2) is 0 Å². The van der Waals surface area contributed by atoms with E-state index in [1.54, 1.807) is 0 Å². The molecule has 0 aromatic heterocycles. The summed E-state index contributed by atoms with van der Waals surface area (Å²) in [5.74, 6) is 0.575. The Labute approximate surface area is 104 Å². The molecule has 0 spiro atoms. The van der Waals surface area contributed by atoms with Crippen LogP contribution in [0.5, 0.6) is 0 Å². The molecule has 1 saturated heterocycles. The van der Waals surface area contributed by atoms with Gasteiger partial charge in [-0.05, 0) is 32.7 Å². The molecule has 2 unspecified atom stereocenters. The molecule has 4 nitrogen and oxygen atoms in total. The Kier molecular flexibility index (Phi) is 6.49. The fourth-order valence-electron chi connectivity index (χ4n) is 2.07. The van der Waals surface area contributed by atoms with Gasteiger partial charge in [0.2, 0.25) is 0 Å². The summed E-state index contributed by atoms with van der Waals surface area (Å²) in [6.07, 6.45) is 2.87. The van der Waals surface area contributed by atoms with Crippen LogP contribution in [0, 0.1) is 17.2 Å². The molecule has 1 fully saturated rings. The lowest BCUT2D eigenvalue weighted by atomic mass is 9.98. The summed E-state index contributed by atoms with van der Waals surface area (Å²) >= 11 is 0. The summed E-state index contributed by atoms with van der Waals surface area (Å²) < 4.78 is 10.9. The van der Waals surface area contributed by atoms with Crippen LogP contribution in [-0.4, -0.2) is 38.5 Å². The van der Waals surface area contributed by atoms with Crippen molar-refractivity contribution in [2.45, 2.75) is 38.6 Å². The number of nitriles is 1. The first-order chi connectivity index (χ1) is 8.20. The third-order valence-electron chi connectivity index (χ3n) is 3.16. The van der Waals surface area contributed by atoms with Gasteiger partial charge in [-0.1, -0.05) is 6.92 Å². The van der Waals surface area contributed by atoms with Crippen molar-refractivity contribution in [3.63, 3.8) is 0 Å². The van der Waals surface area contributed by atoms with E-state index in [1.807, 2.05) is 13.8 Å². The molecule has 0 radical (unpaired) electrons. The van der Waals surface area contributed by atoms with Crippen LogP contribution in [0.3, 0.4) is 0 Å². The Balaban J connectivity index is 2.04. The molecule has 0 aliphatic carbocycles. The summed E-state index contributed by atoms with van der Waals surface area (Å²) in [5, 5.41) is 12.3. The van der Waals surface area contributed by atoms with Crippen molar-refractivity contribution in [3.05, 3.63) is 0 Å². The third-order valence-corrected chi connectivity index (χ3v) is 3.16. The Bertz CT molecular complexity index is 246. The molecule has 0 bridgehead atoms. The Morgan fingerprint density at radius 3 is 3.00 bits per heavy atom. The molecule has 17 heavy (non-hydrogen) atoms. The van der Waals surface area contributed by atoms with Gasteiger partial charge in [0.05, 0.1) is 19.3 Å². The van der Waals surface area contributed by atoms with Crippen LogP contribution in [0.4, 0.5) is 0 Å². The van der Waals surface area contributed by atoms with Crippen molar-refractivity contribution in [1.82, 2.24) is 5.32 Å². The second-order valence-electron chi connectivity index (χ2n) is 4.88. The number of ether oxygens (including phenoxy) is 2. The van der Waals surface area contributed by atoms with Crippen molar-refractivity contribution in [2.75, 3.05) is 33.0 Å². The maximum Gasteiger partial charge on any atom is 0.104 e. The zero-order valence-electron chi connectivity index (χ0n) is 11.0. The zero-order valence-corrected chi connectivity index (χ0v) is 11.0. The molecule has 2 atom stereocenters. The highest BCUT2D eigenvalue weighted by atomic mass is 16.5. The quantitative estimate of drug-likeness (QED) is 0.656. The predicted octanol–water partition coefficient (Wildman–Crippen LogP) is 1.71. The standard InChI is InChI=1S/C13H24N2O2/c1-3-15-13(2,11-14)6-4-7-16-9-12-5-8-17-10-12/h12,15H,3-10H2,1-2H3. The molecule has 4 heteroatoms. The lowest BCUT2D eigenvalue weighted by Crippen LogP contribution is -2.40. The molecule has 0 aromatic carbocycles. The number of nitrogens with zero attached hydrogens (tertiary/aromatic N) is 1. The number of nitrogens with one attached hydrogen (secondary N) is 1.